The number of nitrogens with zero attached hydrogens (tertiary/aromatic N) is 1. The van der Waals surface area contributed by atoms with E-state index >= 15 is 0 Å². The van der Waals surface area contributed by atoms with Crippen molar-refractivity contribution in [3.05, 3.63) is 11.1 Å². The molecule has 1 aromatic rings. The summed E-state index contributed by atoms with van der Waals surface area (Å²) in [5, 5.41) is 10.5. The Bertz CT molecular complexity index is 298. The summed E-state index contributed by atoms with van der Waals surface area (Å²) < 4.78 is 0.993. The molecule has 0 amide bonds. The molecule has 5 heteroatoms. The summed E-state index contributed by atoms with van der Waals surface area (Å²) in [6, 6.07) is 0. The van der Waals surface area contributed by atoms with E-state index < -0.39 is 5.97 Å². The summed E-state index contributed by atoms with van der Waals surface area (Å²) in [4.78, 5) is 14.7. The second-order valence-electron chi connectivity index (χ2n) is 2.74. The Labute approximate surface area is 85.2 Å². The zero-order valence-corrected chi connectivity index (χ0v) is 9.11. The van der Waals surface area contributed by atoms with Crippen LogP contribution >= 0.6 is 23.1 Å². The Morgan fingerprint density at radius 1 is 1.85 bits per heavy atom. The first-order valence-electron chi connectivity index (χ1n) is 3.84. The highest BCUT2D eigenvalue weighted by Gasteiger charge is 2.13. The van der Waals surface area contributed by atoms with E-state index in [0.29, 0.717) is 0 Å². The van der Waals surface area contributed by atoms with Gasteiger partial charge in [0.2, 0.25) is 0 Å². The van der Waals surface area contributed by atoms with Crippen molar-refractivity contribution in [3.8, 4) is 0 Å². The molecule has 0 saturated heterocycles. The van der Waals surface area contributed by atoms with E-state index in [1.165, 1.54) is 0 Å². The van der Waals surface area contributed by atoms with Crippen molar-refractivity contribution < 1.29 is 9.90 Å². The second-order valence-corrected chi connectivity index (χ2v) is 4.65. The van der Waals surface area contributed by atoms with Crippen LogP contribution < -0.4 is 0 Å². The van der Waals surface area contributed by atoms with E-state index in [2.05, 4.69) is 4.98 Å². The SMILES string of the molecule is CSc1nc(C(C)CC(=O)O)cs1. The van der Waals surface area contributed by atoms with Gasteiger partial charge in [0, 0.05) is 11.3 Å². The Morgan fingerprint density at radius 2 is 2.54 bits per heavy atom. The normalized spacial score (nSPS) is 12.8. The van der Waals surface area contributed by atoms with E-state index in [0.717, 1.165) is 10.0 Å². The van der Waals surface area contributed by atoms with E-state index in [-0.39, 0.29) is 12.3 Å². The van der Waals surface area contributed by atoms with Crippen LogP contribution in [0.2, 0.25) is 0 Å². The van der Waals surface area contributed by atoms with E-state index in [1.807, 2.05) is 18.6 Å². The first-order chi connectivity index (χ1) is 6.13. The summed E-state index contributed by atoms with van der Waals surface area (Å²) in [6.07, 6.45) is 2.11. The molecule has 0 radical (unpaired) electrons. The fourth-order valence-corrected chi connectivity index (χ4v) is 2.35. The van der Waals surface area contributed by atoms with Crippen LogP contribution in [0.1, 0.15) is 25.0 Å². The van der Waals surface area contributed by atoms with Crippen molar-refractivity contribution >= 4 is 29.1 Å². The fourth-order valence-electron chi connectivity index (χ4n) is 0.955. The predicted octanol–water partition coefficient (Wildman–Crippen LogP) is 2.44. The number of hydrogen-bond donors (Lipinski definition) is 1. The zero-order chi connectivity index (χ0) is 9.84. The minimum absolute atomic E-state index is 0.00894. The first kappa shape index (κ1) is 10.5. The van der Waals surface area contributed by atoms with Crippen LogP contribution in [-0.4, -0.2) is 22.3 Å². The Morgan fingerprint density at radius 3 is 3.00 bits per heavy atom. The molecule has 0 saturated carbocycles. The van der Waals surface area contributed by atoms with Crippen LogP contribution in [-0.2, 0) is 4.79 Å². The van der Waals surface area contributed by atoms with E-state index in [9.17, 15) is 4.79 Å². The van der Waals surface area contributed by atoms with Crippen molar-refractivity contribution in [2.45, 2.75) is 23.6 Å². The molecule has 1 heterocycles. The smallest absolute Gasteiger partial charge is 0.304 e. The molecule has 0 bridgehead atoms. The minimum atomic E-state index is -0.772. The van der Waals surface area contributed by atoms with Crippen LogP contribution in [0.15, 0.2) is 9.72 Å². The van der Waals surface area contributed by atoms with Gasteiger partial charge in [0.15, 0.2) is 0 Å². The number of carbonyl (C=O) groups is 1. The van der Waals surface area contributed by atoms with Gasteiger partial charge in [-0.15, -0.1) is 11.3 Å². The second kappa shape index (κ2) is 4.62. The van der Waals surface area contributed by atoms with Crippen LogP contribution in [0.3, 0.4) is 0 Å². The number of hydrogen-bond acceptors (Lipinski definition) is 4. The van der Waals surface area contributed by atoms with Gasteiger partial charge in [-0.2, -0.15) is 0 Å². The van der Waals surface area contributed by atoms with Gasteiger partial charge in [0.25, 0.3) is 0 Å². The molecule has 1 atom stereocenters. The molecule has 0 aliphatic heterocycles. The van der Waals surface area contributed by atoms with Crippen molar-refractivity contribution in [3.63, 3.8) is 0 Å². The average Bonchev–Trinajstić information content (AvgIpc) is 2.50. The number of aromatic nitrogens is 1. The molecule has 0 fully saturated rings. The molecule has 0 aliphatic rings. The van der Waals surface area contributed by atoms with Crippen LogP contribution in [0, 0.1) is 0 Å². The molecular formula is C8H11NO2S2. The van der Waals surface area contributed by atoms with Gasteiger partial charge in [-0.05, 0) is 6.26 Å². The highest BCUT2D eigenvalue weighted by Crippen LogP contribution is 2.25. The molecule has 1 N–H and O–H groups in total. The van der Waals surface area contributed by atoms with Gasteiger partial charge < -0.3 is 5.11 Å². The molecule has 13 heavy (non-hydrogen) atoms. The number of carboxylic acid groups (broad SMARTS) is 1. The molecule has 0 aliphatic carbocycles. The molecule has 3 nitrogen and oxygen atoms in total. The van der Waals surface area contributed by atoms with Gasteiger partial charge >= 0.3 is 5.97 Å². The first-order valence-corrected chi connectivity index (χ1v) is 5.95. The highest BCUT2D eigenvalue weighted by molar-refractivity contribution is 8.00. The monoisotopic (exact) mass is 217 g/mol. The third-order valence-corrected chi connectivity index (χ3v) is 3.54. The molecule has 0 spiro atoms. The Hall–Kier alpha value is -0.550. The lowest BCUT2D eigenvalue weighted by Crippen LogP contribution is -2.02. The summed E-state index contributed by atoms with van der Waals surface area (Å²) in [5.41, 5.74) is 0.886. The average molecular weight is 217 g/mol. The van der Waals surface area contributed by atoms with Gasteiger partial charge in [0.1, 0.15) is 4.34 Å². The van der Waals surface area contributed by atoms with Crippen LogP contribution in [0.4, 0.5) is 0 Å². The maximum atomic E-state index is 10.4. The van der Waals surface area contributed by atoms with Gasteiger partial charge in [-0.1, -0.05) is 18.7 Å². The van der Waals surface area contributed by atoms with Crippen molar-refractivity contribution in [1.82, 2.24) is 4.98 Å². The van der Waals surface area contributed by atoms with Crippen LogP contribution in [0.25, 0.3) is 0 Å². The van der Waals surface area contributed by atoms with Gasteiger partial charge in [-0.25, -0.2) is 4.98 Å². The third-order valence-electron chi connectivity index (χ3n) is 1.66. The quantitative estimate of drug-likeness (QED) is 0.787. The maximum Gasteiger partial charge on any atom is 0.304 e. The molecule has 72 valence electrons. The lowest BCUT2D eigenvalue weighted by molar-refractivity contribution is -0.137. The third kappa shape index (κ3) is 3.00. The van der Waals surface area contributed by atoms with Gasteiger partial charge in [0.05, 0.1) is 12.1 Å². The lowest BCUT2D eigenvalue weighted by Gasteiger charge is -2.03. The predicted molar refractivity (Wildman–Crippen MR) is 54.6 cm³/mol. The number of carboxylic acids is 1. The topological polar surface area (TPSA) is 50.2 Å². The van der Waals surface area contributed by atoms with Crippen molar-refractivity contribution in [1.29, 1.82) is 0 Å². The fraction of sp³-hybridized carbons (Fsp3) is 0.500. The molecule has 0 aromatic carbocycles. The molecule has 1 rings (SSSR count). The summed E-state index contributed by atoms with van der Waals surface area (Å²) in [5.74, 6) is -0.763. The number of aliphatic carboxylic acids is 1. The number of thiazole rings is 1. The Kier molecular flexibility index (Phi) is 3.74. The number of thioether (sulfide) groups is 1. The van der Waals surface area contributed by atoms with E-state index in [1.54, 1.807) is 23.1 Å². The van der Waals surface area contributed by atoms with E-state index in [4.69, 9.17) is 5.11 Å². The summed E-state index contributed by atoms with van der Waals surface area (Å²) in [6.45, 7) is 1.88. The molecule has 1 unspecified atom stereocenters. The molecular weight excluding hydrogens is 206 g/mol. The molecule has 1 aromatic heterocycles. The summed E-state index contributed by atoms with van der Waals surface area (Å²) >= 11 is 3.15. The standard InChI is InChI=1S/C8H11NO2S2/c1-5(3-7(10)11)6-4-13-8(9-6)12-2/h4-5H,3H2,1-2H3,(H,10,11). The lowest BCUT2D eigenvalue weighted by atomic mass is 10.1. The van der Waals surface area contributed by atoms with Crippen molar-refractivity contribution in [2.75, 3.05) is 6.26 Å². The number of rotatable bonds is 4. The van der Waals surface area contributed by atoms with Crippen molar-refractivity contribution in [2.24, 2.45) is 0 Å². The zero-order valence-electron chi connectivity index (χ0n) is 7.48. The maximum absolute atomic E-state index is 10.4. The minimum Gasteiger partial charge on any atom is -0.481 e. The Balaban J connectivity index is 2.65. The highest BCUT2D eigenvalue weighted by atomic mass is 32.2. The summed E-state index contributed by atoms with van der Waals surface area (Å²) in [7, 11) is 0. The largest absolute Gasteiger partial charge is 0.481 e. The van der Waals surface area contributed by atoms with Crippen LogP contribution in [0.5, 0.6) is 0 Å². The van der Waals surface area contributed by atoms with Gasteiger partial charge in [-0.3, -0.25) is 4.79 Å².